The highest BCUT2D eigenvalue weighted by Gasteiger charge is 2.13. The lowest BCUT2D eigenvalue weighted by molar-refractivity contribution is 0.0597. The fraction of sp³-hybridized carbons (Fsp3) is 0.286. The van der Waals surface area contributed by atoms with Gasteiger partial charge in [0, 0.05) is 17.8 Å². The molecule has 0 atom stereocenters. The maximum Gasteiger partial charge on any atom is 0.341 e. The summed E-state index contributed by atoms with van der Waals surface area (Å²) in [4.78, 5) is 11.4. The van der Waals surface area contributed by atoms with E-state index in [1.54, 1.807) is 18.3 Å². The van der Waals surface area contributed by atoms with Crippen LogP contribution in [0.5, 0.6) is 5.75 Å². The molecule has 0 amide bonds. The van der Waals surface area contributed by atoms with Gasteiger partial charge in [-0.1, -0.05) is 6.07 Å². The average Bonchev–Trinajstić information content (AvgIpc) is 2.87. The first-order chi connectivity index (χ1) is 9.02. The summed E-state index contributed by atoms with van der Waals surface area (Å²) in [5.74, 6) is -0.649. The summed E-state index contributed by atoms with van der Waals surface area (Å²) in [5, 5.41) is 14.1. The molecule has 0 aliphatic rings. The van der Waals surface area contributed by atoms with E-state index in [9.17, 15) is 9.90 Å². The molecule has 100 valence electrons. The van der Waals surface area contributed by atoms with E-state index in [1.165, 1.54) is 13.2 Å². The first-order valence-corrected chi connectivity index (χ1v) is 5.98. The monoisotopic (exact) mass is 260 g/mol. The zero-order chi connectivity index (χ0) is 14.0. The van der Waals surface area contributed by atoms with Crippen molar-refractivity contribution in [3.8, 4) is 16.9 Å². The number of benzene rings is 1. The van der Waals surface area contributed by atoms with Gasteiger partial charge in [0.2, 0.25) is 0 Å². The molecule has 1 heterocycles. The number of ether oxygens (including phenoxy) is 1. The van der Waals surface area contributed by atoms with Gasteiger partial charge < -0.3 is 9.84 Å². The van der Waals surface area contributed by atoms with Crippen LogP contribution in [0, 0.1) is 0 Å². The van der Waals surface area contributed by atoms with E-state index in [-0.39, 0.29) is 17.4 Å². The lowest BCUT2D eigenvalue weighted by atomic mass is 10.1. The molecule has 1 N–H and O–H groups in total. The fourth-order valence-electron chi connectivity index (χ4n) is 1.76. The summed E-state index contributed by atoms with van der Waals surface area (Å²) in [5.41, 5.74) is 1.85. The van der Waals surface area contributed by atoms with Crippen LogP contribution in [0.25, 0.3) is 11.1 Å². The Hall–Kier alpha value is -2.30. The van der Waals surface area contributed by atoms with Crippen molar-refractivity contribution in [1.82, 2.24) is 9.78 Å². The Labute approximate surface area is 111 Å². The molecule has 2 rings (SSSR count). The standard InChI is InChI=1S/C14H16N2O3/c1-9(2)16-8-11(7-15-16)10-4-5-12(13(17)6-10)14(18)19-3/h4-9,17H,1-3H3. The minimum atomic E-state index is -0.554. The first kappa shape index (κ1) is 13.1. The van der Waals surface area contributed by atoms with Crippen molar-refractivity contribution in [1.29, 1.82) is 0 Å². The Morgan fingerprint density at radius 2 is 2.11 bits per heavy atom. The fourth-order valence-corrected chi connectivity index (χ4v) is 1.76. The van der Waals surface area contributed by atoms with Crippen LogP contribution in [-0.2, 0) is 4.74 Å². The predicted molar refractivity (Wildman–Crippen MR) is 71.1 cm³/mol. The Kier molecular flexibility index (Phi) is 3.55. The Balaban J connectivity index is 2.35. The van der Waals surface area contributed by atoms with Crippen LogP contribution < -0.4 is 0 Å². The number of methoxy groups -OCH3 is 1. The van der Waals surface area contributed by atoms with Crippen LogP contribution in [0.1, 0.15) is 30.2 Å². The smallest absolute Gasteiger partial charge is 0.341 e. The van der Waals surface area contributed by atoms with Crippen LogP contribution >= 0.6 is 0 Å². The van der Waals surface area contributed by atoms with Crippen molar-refractivity contribution in [2.24, 2.45) is 0 Å². The molecule has 1 aromatic heterocycles. The van der Waals surface area contributed by atoms with E-state index >= 15 is 0 Å². The van der Waals surface area contributed by atoms with Crippen LogP contribution in [0.3, 0.4) is 0 Å². The lowest BCUT2D eigenvalue weighted by Gasteiger charge is -2.05. The van der Waals surface area contributed by atoms with E-state index in [0.29, 0.717) is 0 Å². The quantitative estimate of drug-likeness (QED) is 0.861. The van der Waals surface area contributed by atoms with Crippen LogP contribution in [0.15, 0.2) is 30.6 Å². The number of nitrogens with zero attached hydrogens (tertiary/aromatic N) is 2. The highest BCUT2D eigenvalue weighted by atomic mass is 16.5. The lowest BCUT2D eigenvalue weighted by Crippen LogP contribution is -2.01. The summed E-state index contributed by atoms with van der Waals surface area (Å²) in [6, 6.07) is 5.11. The van der Waals surface area contributed by atoms with Crippen LogP contribution in [0.4, 0.5) is 0 Å². The second-order valence-corrected chi connectivity index (χ2v) is 4.53. The number of carbonyl (C=O) groups is 1. The van der Waals surface area contributed by atoms with E-state index in [2.05, 4.69) is 9.84 Å². The molecule has 0 saturated heterocycles. The summed E-state index contributed by atoms with van der Waals surface area (Å²) in [7, 11) is 1.28. The van der Waals surface area contributed by atoms with E-state index in [0.717, 1.165) is 11.1 Å². The minimum absolute atomic E-state index is 0.0957. The molecule has 0 aliphatic heterocycles. The summed E-state index contributed by atoms with van der Waals surface area (Å²) >= 11 is 0. The molecule has 19 heavy (non-hydrogen) atoms. The van der Waals surface area contributed by atoms with Gasteiger partial charge in [-0.15, -0.1) is 0 Å². The molecule has 1 aromatic carbocycles. The van der Waals surface area contributed by atoms with Gasteiger partial charge in [0.1, 0.15) is 11.3 Å². The number of hydrogen-bond donors (Lipinski definition) is 1. The SMILES string of the molecule is COC(=O)c1ccc(-c2cnn(C(C)C)c2)cc1O. The molecule has 0 radical (unpaired) electrons. The molecule has 0 unspecified atom stereocenters. The van der Waals surface area contributed by atoms with Crippen molar-refractivity contribution in [2.75, 3.05) is 7.11 Å². The number of esters is 1. The number of carbonyl (C=O) groups excluding carboxylic acids is 1. The molecule has 0 bridgehead atoms. The van der Waals surface area contributed by atoms with Crippen LogP contribution in [0.2, 0.25) is 0 Å². The zero-order valence-corrected chi connectivity index (χ0v) is 11.1. The molecule has 0 spiro atoms. The van der Waals surface area contributed by atoms with Crippen molar-refractivity contribution < 1.29 is 14.6 Å². The molecule has 5 heteroatoms. The number of rotatable bonds is 3. The molecule has 0 saturated carbocycles. The maximum absolute atomic E-state index is 11.4. The molecular weight excluding hydrogens is 244 g/mol. The Bertz CT molecular complexity index is 602. The number of phenolic OH excluding ortho intramolecular Hbond substituents is 1. The highest BCUT2D eigenvalue weighted by molar-refractivity contribution is 5.93. The van der Waals surface area contributed by atoms with Gasteiger partial charge in [0.05, 0.1) is 13.3 Å². The largest absolute Gasteiger partial charge is 0.507 e. The van der Waals surface area contributed by atoms with Gasteiger partial charge in [0.25, 0.3) is 0 Å². The summed E-state index contributed by atoms with van der Waals surface area (Å²) in [6.45, 7) is 4.07. The minimum Gasteiger partial charge on any atom is -0.507 e. The molecule has 0 aliphatic carbocycles. The third-order valence-electron chi connectivity index (χ3n) is 2.87. The van der Waals surface area contributed by atoms with Gasteiger partial charge in [-0.05, 0) is 31.5 Å². The summed E-state index contributed by atoms with van der Waals surface area (Å²) in [6.07, 6.45) is 3.63. The third kappa shape index (κ3) is 2.59. The van der Waals surface area contributed by atoms with Crippen molar-refractivity contribution in [3.63, 3.8) is 0 Å². The molecule has 2 aromatic rings. The Morgan fingerprint density at radius 3 is 2.63 bits per heavy atom. The van der Waals surface area contributed by atoms with Gasteiger partial charge in [-0.2, -0.15) is 5.10 Å². The number of hydrogen-bond acceptors (Lipinski definition) is 4. The molecule has 5 nitrogen and oxygen atoms in total. The van der Waals surface area contributed by atoms with Crippen molar-refractivity contribution >= 4 is 5.97 Å². The topological polar surface area (TPSA) is 64.3 Å². The van der Waals surface area contributed by atoms with Gasteiger partial charge >= 0.3 is 5.97 Å². The highest BCUT2D eigenvalue weighted by Crippen LogP contribution is 2.27. The Morgan fingerprint density at radius 1 is 1.37 bits per heavy atom. The van der Waals surface area contributed by atoms with Crippen LogP contribution in [-0.4, -0.2) is 28.0 Å². The van der Waals surface area contributed by atoms with E-state index < -0.39 is 5.97 Å². The maximum atomic E-state index is 11.4. The zero-order valence-electron chi connectivity index (χ0n) is 11.1. The number of phenols is 1. The third-order valence-corrected chi connectivity index (χ3v) is 2.87. The first-order valence-electron chi connectivity index (χ1n) is 5.98. The predicted octanol–water partition coefficient (Wildman–Crippen LogP) is 2.62. The van der Waals surface area contributed by atoms with Crippen molar-refractivity contribution in [2.45, 2.75) is 19.9 Å². The number of aromatic nitrogens is 2. The molecule has 0 fully saturated rings. The van der Waals surface area contributed by atoms with Gasteiger partial charge in [-0.25, -0.2) is 4.79 Å². The molecular formula is C14H16N2O3. The van der Waals surface area contributed by atoms with Gasteiger partial charge in [0.15, 0.2) is 0 Å². The van der Waals surface area contributed by atoms with E-state index in [1.807, 2.05) is 24.7 Å². The van der Waals surface area contributed by atoms with Crippen molar-refractivity contribution in [3.05, 3.63) is 36.2 Å². The second-order valence-electron chi connectivity index (χ2n) is 4.53. The summed E-state index contributed by atoms with van der Waals surface area (Å²) < 4.78 is 6.42. The average molecular weight is 260 g/mol. The van der Waals surface area contributed by atoms with Gasteiger partial charge in [-0.3, -0.25) is 4.68 Å². The number of aromatic hydroxyl groups is 1. The normalized spacial score (nSPS) is 10.7. The second kappa shape index (κ2) is 5.14. The van der Waals surface area contributed by atoms with E-state index in [4.69, 9.17) is 0 Å².